The Balaban J connectivity index is 0.00000242. The summed E-state index contributed by atoms with van der Waals surface area (Å²) in [5, 5.41) is 3.42. The van der Waals surface area contributed by atoms with Crippen molar-refractivity contribution in [1.29, 1.82) is 0 Å². The van der Waals surface area contributed by atoms with Crippen LogP contribution in [0.25, 0.3) is 0 Å². The zero-order valence-corrected chi connectivity index (χ0v) is 16.9. The van der Waals surface area contributed by atoms with Crippen molar-refractivity contribution in [3.8, 4) is 0 Å². The summed E-state index contributed by atoms with van der Waals surface area (Å²) in [6.07, 6.45) is 3.96. The number of aliphatic imine (C=N–C) groups is 1. The van der Waals surface area contributed by atoms with Crippen molar-refractivity contribution in [3.63, 3.8) is 0 Å². The molecule has 1 heterocycles. The Kier molecular flexibility index (Phi) is 6.95. The van der Waals surface area contributed by atoms with Gasteiger partial charge in [-0.2, -0.15) is 0 Å². The molecule has 6 heteroatoms. The molecule has 2 fully saturated rings. The first-order valence-electron chi connectivity index (χ1n) is 8.13. The first-order valence-corrected chi connectivity index (χ1v) is 8.13. The van der Waals surface area contributed by atoms with E-state index in [4.69, 9.17) is 0 Å². The van der Waals surface area contributed by atoms with Crippen LogP contribution in [0.1, 0.15) is 47.0 Å². The minimum atomic E-state index is -0.169. The lowest BCUT2D eigenvalue weighted by atomic mass is 9.96. The summed E-state index contributed by atoms with van der Waals surface area (Å²) in [6, 6.07) is 0.236. The third-order valence-corrected chi connectivity index (χ3v) is 4.39. The Bertz CT molecular complexity index is 418. The highest BCUT2D eigenvalue weighted by Gasteiger charge is 2.40. The van der Waals surface area contributed by atoms with E-state index in [0.29, 0.717) is 6.54 Å². The first-order chi connectivity index (χ1) is 9.85. The van der Waals surface area contributed by atoms with Crippen molar-refractivity contribution in [1.82, 2.24) is 15.1 Å². The molecule has 1 saturated carbocycles. The van der Waals surface area contributed by atoms with Crippen molar-refractivity contribution in [2.75, 3.05) is 26.7 Å². The normalized spacial score (nSPS) is 21.9. The second kappa shape index (κ2) is 7.84. The van der Waals surface area contributed by atoms with Gasteiger partial charge in [0.1, 0.15) is 0 Å². The number of carbonyl (C=O) groups is 1. The molecule has 0 aromatic rings. The molecule has 1 amide bonds. The van der Waals surface area contributed by atoms with Gasteiger partial charge in [-0.05, 0) is 40.0 Å². The molecule has 0 aromatic heterocycles. The topological polar surface area (TPSA) is 47.9 Å². The fraction of sp³-hybridized carbons (Fsp3) is 0.875. The van der Waals surface area contributed by atoms with Crippen LogP contribution in [0.3, 0.4) is 0 Å². The molecule has 0 bridgehead atoms. The molecule has 0 aromatic carbocycles. The van der Waals surface area contributed by atoms with Gasteiger partial charge in [-0.25, -0.2) is 0 Å². The van der Waals surface area contributed by atoms with Gasteiger partial charge in [0, 0.05) is 26.2 Å². The number of carbonyl (C=O) groups excluding carboxylic acids is 1. The van der Waals surface area contributed by atoms with E-state index < -0.39 is 0 Å². The molecule has 0 spiro atoms. The smallest absolute Gasteiger partial charge is 0.242 e. The lowest BCUT2D eigenvalue weighted by molar-refractivity contribution is -0.145. The quantitative estimate of drug-likeness (QED) is 0.430. The molecule has 2 aliphatic rings. The highest BCUT2D eigenvalue weighted by Crippen LogP contribution is 2.31. The van der Waals surface area contributed by atoms with Crippen LogP contribution in [-0.4, -0.2) is 59.9 Å². The monoisotopic (exact) mass is 422 g/mol. The number of nitrogens with zero attached hydrogens (tertiary/aromatic N) is 3. The standard InChI is InChI=1S/C16H30N4O.HI/c1-12(2)20-14(21)10-19(11-16(20,3)4)15(17-5)18-9-8-13-6-7-13;/h12-13H,6-11H2,1-5H3,(H,17,18);1H. The average Bonchev–Trinajstić information content (AvgIpc) is 3.15. The lowest BCUT2D eigenvalue weighted by Gasteiger charge is -2.49. The molecule has 22 heavy (non-hydrogen) atoms. The number of hydrogen-bond donors (Lipinski definition) is 1. The van der Waals surface area contributed by atoms with Crippen LogP contribution in [-0.2, 0) is 4.79 Å². The van der Waals surface area contributed by atoms with E-state index >= 15 is 0 Å². The number of guanidine groups is 1. The summed E-state index contributed by atoms with van der Waals surface area (Å²) < 4.78 is 0. The van der Waals surface area contributed by atoms with E-state index in [0.717, 1.165) is 25.0 Å². The fourth-order valence-electron chi connectivity index (χ4n) is 3.44. The van der Waals surface area contributed by atoms with Crippen LogP contribution < -0.4 is 5.32 Å². The van der Waals surface area contributed by atoms with Gasteiger partial charge in [0.25, 0.3) is 0 Å². The molecule has 0 atom stereocenters. The van der Waals surface area contributed by atoms with Crippen LogP contribution in [0, 0.1) is 5.92 Å². The van der Waals surface area contributed by atoms with Gasteiger partial charge in [0.15, 0.2) is 5.96 Å². The van der Waals surface area contributed by atoms with E-state index in [1.165, 1.54) is 19.3 Å². The van der Waals surface area contributed by atoms with Crippen molar-refractivity contribution in [2.24, 2.45) is 10.9 Å². The summed E-state index contributed by atoms with van der Waals surface area (Å²) in [7, 11) is 1.80. The van der Waals surface area contributed by atoms with Crippen molar-refractivity contribution in [2.45, 2.75) is 58.5 Å². The molecular formula is C16H31IN4O. The number of nitrogens with one attached hydrogen (secondary N) is 1. The third kappa shape index (κ3) is 4.73. The number of rotatable bonds is 4. The molecule has 0 radical (unpaired) electrons. The summed E-state index contributed by atoms with van der Waals surface area (Å²) in [6.45, 7) is 10.6. The first kappa shape index (κ1) is 19.5. The summed E-state index contributed by atoms with van der Waals surface area (Å²) >= 11 is 0. The van der Waals surface area contributed by atoms with E-state index in [9.17, 15) is 4.79 Å². The van der Waals surface area contributed by atoms with Gasteiger partial charge >= 0.3 is 0 Å². The van der Waals surface area contributed by atoms with Crippen molar-refractivity contribution in [3.05, 3.63) is 0 Å². The Morgan fingerprint density at radius 2 is 2.05 bits per heavy atom. The summed E-state index contributed by atoms with van der Waals surface area (Å²) in [4.78, 5) is 20.9. The summed E-state index contributed by atoms with van der Waals surface area (Å²) in [5.74, 6) is 1.96. The molecule has 5 nitrogen and oxygen atoms in total. The zero-order valence-electron chi connectivity index (χ0n) is 14.6. The molecule has 2 rings (SSSR count). The Hall–Kier alpha value is -0.530. The maximum absolute atomic E-state index is 12.5. The molecule has 1 saturated heterocycles. The summed E-state index contributed by atoms with van der Waals surface area (Å²) in [5.41, 5.74) is -0.169. The highest BCUT2D eigenvalue weighted by molar-refractivity contribution is 14.0. The highest BCUT2D eigenvalue weighted by atomic mass is 127. The molecule has 1 N–H and O–H groups in total. The van der Waals surface area contributed by atoms with Gasteiger partial charge in [-0.15, -0.1) is 24.0 Å². The van der Waals surface area contributed by atoms with E-state index in [2.05, 4.69) is 42.9 Å². The zero-order chi connectivity index (χ0) is 15.6. The Morgan fingerprint density at radius 1 is 1.41 bits per heavy atom. The van der Waals surface area contributed by atoms with Crippen molar-refractivity contribution < 1.29 is 4.79 Å². The maximum Gasteiger partial charge on any atom is 0.242 e. The van der Waals surface area contributed by atoms with Gasteiger partial charge < -0.3 is 15.1 Å². The van der Waals surface area contributed by atoms with Gasteiger partial charge in [0.05, 0.1) is 12.1 Å². The number of halogens is 1. The maximum atomic E-state index is 12.5. The largest absolute Gasteiger partial charge is 0.356 e. The van der Waals surface area contributed by atoms with Crippen LogP contribution >= 0.6 is 24.0 Å². The molecule has 128 valence electrons. The second-order valence-electron chi connectivity index (χ2n) is 7.23. The van der Waals surface area contributed by atoms with Crippen LogP contribution in [0.5, 0.6) is 0 Å². The van der Waals surface area contributed by atoms with E-state index in [1.807, 2.05) is 4.90 Å². The van der Waals surface area contributed by atoms with Crippen LogP contribution in [0.4, 0.5) is 0 Å². The molecular weight excluding hydrogens is 391 g/mol. The third-order valence-electron chi connectivity index (χ3n) is 4.39. The minimum absolute atomic E-state index is 0. The number of piperazine rings is 1. The van der Waals surface area contributed by atoms with Crippen LogP contribution in [0.2, 0.25) is 0 Å². The molecule has 1 aliphatic carbocycles. The molecule has 0 unspecified atom stereocenters. The van der Waals surface area contributed by atoms with Gasteiger partial charge in [-0.1, -0.05) is 12.8 Å². The fourth-order valence-corrected chi connectivity index (χ4v) is 3.44. The SMILES string of the molecule is CN=C(NCCC1CC1)N1CC(=O)N(C(C)C)C(C)(C)C1.I. The van der Waals surface area contributed by atoms with Gasteiger partial charge in [-0.3, -0.25) is 9.79 Å². The van der Waals surface area contributed by atoms with Gasteiger partial charge in [0.2, 0.25) is 5.91 Å². The average molecular weight is 422 g/mol. The van der Waals surface area contributed by atoms with E-state index in [-0.39, 0.29) is 41.5 Å². The van der Waals surface area contributed by atoms with E-state index in [1.54, 1.807) is 7.05 Å². The minimum Gasteiger partial charge on any atom is -0.356 e. The Morgan fingerprint density at radius 3 is 2.50 bits per heavy atom. The number of hydrogen-bond acceptors (Lipinski definition) is 2. The Labute approximate surface area is 151 Å². The lowest BCUT2D eigenvalue weighted by Crippen LogP contribution is -2.66. The molecule has 1 aliphatic heterocycles. The predicted octanol–water partition coefficient (Wildman–Crippen LogP) is 2.31. The predicted molar refractivity (Wildman–Crippen MR) is 102 cm³/mol. The van der Waals surface area contributed by atoms with Crippen molar-refractivity contribution >= 4 is 35.8 Å². The second-order valence-corrected chi connectivity index (χ2v) is 7.23. The van der Waals surface area contributed by atoms with Crippen LogP contribution in [0.15, 0.2) is 4.99 Å². The number of amides is 1.